The Hall–Kier alpha value is -2.07. The van der Waals surface area contributed by atoms with E-state index in [1.165, 1.54) is 18.2 Å². The number of anilines is 1. The number of aryl methyl sites for hydroxylation is 1. The van der Waals surface area contributed by atoms with Crippen molar-refractivity contribution in [3.63, 3.8) is 0 Å². The number of hydrogen-bond donors (Lipinski definition) is 2. The highest BCUT2D eigenvalue weighted by atomic mass is 35.5. The number of aromatic hydroxyl groups is 1. The molecular weight excluding hydrogens is 269 g/mol. The van der Waals surface area contributed by atoms with Crippen LogP contribution in [0.1, 0.15) is 15.9 Å². The number of nitrogens with one attached hydrogen (secondary N) is 1. The normalized spacial score (nSPS) is 10.3. The molecule has 2 N–H and O–H groups in total. The van der Waals surface area contributed by atoms with E-state index in [0.29, 0.717) is 11.3 Å². The van der Waals surface area contributed by atoms with Crippen LogP contribution in [0.2, 0.25) is 5.02 Å². The Morgan fingerprint density at radius 1 is 1.26 bits per heavy atom. The van der Waals surface area contributed by atoms with Crippen LogP contribution in [0.4, 0.5) is 10.1 Å². The van der Waals surface area contributed by atoms with Crippen molar-refractivity contribution in [3.8, 4) is 5.75 Å². The van der Waals surface area contributed by atoms with Gasteiger partial charge in [-0.25, -0.2) is 4.39 Å². The first-order valence-electron chi connectivity index (χ1n) is 5.53. The molecule has 2 rings (SSSR count). The predicted octanol–water partition coefficient (Wildman–Crippen LogP) is 3.75. The lowest BCUT2D eigenvalue weighted by atomic mass is 10.1. The van der Waals surface area contributed by atoms with Crippen LogP contribution in [0.5, 0.6) is 5.75 Å². The highest BCUT2D eigenvalue weighted by Crippen LogP contribution is 2.22. The van der Waals surface area contributed by atoms with E-state index in [1.807, 2.05) is 0 Å². The molecule has 0 spiro atoms. The van der Waals surface area contributed by atoms with E-state index < -0.39 is 11.7 Å². The van der Waals surface area contributed by atoms with Crippen molar-refractivity contribution in [2.45, 2.75) is 6.92 Å². The molecule has 0 saturated carbocycles. The molecular formula is C14H11ClFNO2. The molecule has 0 heterocycles. The number of carbonyl (C=O) groups excluding carboxylic acids is 1. The van der Waals surface area contributed by atoms with E-state index in [0.717, 1.165) is 6.07 Å². The van der Waals surface area contributed by atoms with Crippen LogP contribution >= 0.6 is 11.6 Å². The van der Waals surface area contributed by atoms with Gasteiger partial charge in [0.05, 0.1) is 5.02 Å². The van der Waals surface area contributed by atoms with Crippen LogP contribution in [0, 0.1) is 12.7 Å². The van der Waals surface area contributed by atoms with Crippen molar-refractivity contribution in [2.24, 2.45) is 0 Å². The second kappa shape index (κ2) is 5.28. The van der Waals surface area contributed by atoms with Crippen LogP contribution < -0.4 is 5.32 Å². The Morgan fingerprint density at radius 3 is 2.63 bits per heavy atom. The maximum absolute atomic E-state index is 13.0. The second-order valence-electron chi connectivity index (χ2n) is 4.08. The van der Waals surface area contributed by atoms with Gasteiger partial charge in [-0.05, 0) is 36.8 Å². The van der Waals surface area contributed by atoms with Gasteiger partial charge in [-0.3, -0.25) is 4.79 Å². The minimum atomic E-state index is -0.578. The summed E-state index contributed by atoms with van der Waals surface area (Å²) in [6, 6.07) is 8.51. The Kier molecular flexibility index (Phi) is 3.71. The molecule has 5 heteroatoms. The minimum Gasteiger partial charge on any atom is -0.508 e. The molecule has 0 aliphatic rings. The largest absolute Gasteiger partial charge is 0.508 e. The third kappa shape index (κ3) is 3.03. The lowest BCUT2D eigenvalue weighted by Gasteiger charge is -2.07. The standard InChI is InChI=1S/C14H11ClFNO2/c1-8-2-4-10(7-13(8)18)17-14(19)9-3-5-12(16)11(15)6-9/h2-7,18H,1H3,(H,17,19). The maximum atomic E-state index is 13.0. The van der Waals surface area contributed by atoms with Gasteiger partial charge in [0, 0.05) is 17.3 Å². The third-order valence-corrected chi connectivity index (χ3v) is 2.94. The summed E-state index contributed by atoms with van der Waals surface area (Å²) in [5, 5.41) is 12.0. The summed E-state index contributed by atoms with van der Waals surface area (Å²) >= 11 is 5.61. The van der Waals surface area contributed by atoms with Crippen LogP contribution in [0.3, 0.4) is 0 Å². The average molecular weight is 280 g/mol. The Bertz CT molecular complexity index is 643. The lowest BCUT2D eigenvalue weighted by Crippen LogP contribution is -2.11. The number of hydrogen-bond acceptors (Lipinski definition) is 2. The van der Waals surface area contributed by atoms with Crippen LogP contribution in [0.15, 0.2) is 36.4 Å². The van der Waals surface area contributed by atoms with Crippen molar-refractivity contribution >= 4 is 23.2 Å². The van der Waals surface area contributed by atoms with Gasteiger partial charge in [-0.2, -0.15) is 0 Å². The maximum Gasteiger partial charge on any atom is 0.255 e. The SMILES string of the molecule is Cc1ccc(NC(=O)c2ccc(F)c(Cl)c2)cc1O. The first kappa shape index (κ1) is 13.4. The van der Waals surface area contributed by atoms with Gasteiger partial charge in [0.2, 0.25) is 0 Å². The van der Waals surface area contributed by atoms with Gasteiger partial charge < -0.3 is 10.4 Å². The molecule has 0 aromatic heterocycles. The van der Waals surface area contributed by atoms with E-state index in [-0.39, 0.29) is 16.3 Å². The minimum absolute atomic E-state index is 0.0925. The van der Waals surface area contributed by atoms with Crippen LogP contribution in [-0.4, -0.2) is 11.0 Å². The topological polar surface area (TPSA) is 49.3 Å². The molecule has 3 nitrogen and oxygen atoms in total. The number of halogens is 2. The number of phenols is 1. The second-order valence-corrected chi connectivity index (χ2v) is 4.49. The summed E-state index contributed by atoms with van der Waals surface area (Å²) < 4.78 is 13.0. The number of carbonyl (C=O) groups is 1. The van der Waals surface area contributed by atoms with Gasteiger partial charge in [0.25, 0.3) is 5.91 Å². The molecule has 0 aliphatic heterocycles. The molecule has 0 atom stereocenters. The predicted molar refractivity (Wildman–Crippen MR) is 72.2 cm³/mol. The monoisotopic (exact) mass is 279 g/mol. The average Bonchev–Trinajstić information content (AvgIpc) is 2.37. The van der Waals surface area contributed by atoms with E-state index in [1.54, 1.807) is 19.1 Å². The molecule has 98 valence electrons. The van der Waals surface area contributed by atoms with E-state index in [2.05, 4.69) is 5.32 Å². The number of phenolic OH excluding ortho intramolecular Hbond substituents is 1. The lowest BCUT2D eigenvalue weighted by molar-refractivity contribution is 0.102. The van der Waals surface area contributed by atoms with Crippen LogP contribution in [0.25, 0.3) is 0 Å². The summed E-state index contributed by atoms with van der Waals surface area (Å²) in [5.41, 5.74) is 1.41. The van der Waals surface area contributed by atoms with E-state index in [9.17, 15) is 14.3 Å². The summed E-state index contributed by atoms with van der Waals surface area (Å²) in [7, 11) is 0. The fourth-order valence-corrected chi connectivity index (χ4v) is 1.71. The molecule has 0 bridgehead atoms. The molecule has 19 heavy (non-hydrogen) atoms. The molecule has 0 aliphatic carbocycles. The number of benzene rings is 2. The molecule has 0 unspecified atom stereocenters. The van der Waals surface area contributed by atoms with Crippen molar-refractivity contribution in [1.82, 2.24) is 0 Å². The van der Waals surface area contributed by atoms with Crippen LogP contribution in [-0.2, 0) is 0 Å². The summed E-state index contributed by atoms with van der Waals surface area (Å²) in [6.07, 6.45) is 0. The zero-order valence-corrected chi connectivity index (χ0v) is 10.8. The highest BCUT2D eigenvalue weighted by molar-refractivity contribution is 6.31. The third-order valence-electron chi connectivity index (χ3n) is 2.65. The van der Waals surface area contributed by atoms with Gasteiger partial charge >= 0.3 is 0 Å². The Balaban J connectivity index is 2.20. The quantitative estimate of drug-likeness (QED) is 0.880. The van der Waals surface area contributed by atoms with Gasteiger partial charge in [-0.15, -0.1) is 0 Å². The van der Waals surface area contributed by atoms with E-state index in [4.69, 9.17) is 11.6 Å². The zero-order chi connectivity index (χ0) is 14.0. The Labute approximate surface area is 114 Å². The summed E-state index contributed by atoms with van der Waals surface area (Å²) in [6.45, 7) is 1.75. The Morgan fingerprint density at radius 2 is 2.00 bits per heavy atom. The van der Waals surface area contributed by atoms with Gasteiger partial charge in [0.15, 0.2) is 0 Å². The van der Waals surface area contributed by atoms with Crippen molar-refractivity contribution in [1.29, 1.82) is 0 Å². The number of rotatable bonds is 2. The first-order chi connectivity index (χ1) is 8.97. The van der Waals surface area contributed by atoms with Crippen molar-refractivity contribution < 1.29 is 14.3 Å². The summed E-state index contributed by atoms with van der Waals surface area (Å²) in [4.78, 5) is 11.9. The van der Waals surface area contributed by atoms with E-state index >= 15 is 0 Å². The van der Waals surface area contributed by atoms with Gasteiger partial charge in [0.1, 0.15) is 11.6 Å². The smallest absolute Gasteiger partial charge is 0.255 e. The zero-order valence-electron chi connectivity index (χ0n) is 10.1. The fraction of sp³-hybridized carbons (Fsp3) is 0.0714. The highest BCUT2D eigenvalue weighted by Gasteiger charge is 2.09. The molecule has 0 fully saturated rings. The van der Waals surface area contributed by atoms with Gasteiger partial charge in [-0.1, -0.05) is 17.7 Å². The van der Waals surface area contributed by atoms with Crippen molar-refractivity contribution in [3.05, 3.63) is 58.4 Å². The molecule has 2 aromatic carbocycles. The fourth-order valence-electron chi connectivity index (χ4n) is 1.53. The number of amides is 1. The summed E-state index contributed by atoms with van der Waals surface area (Å²) in [5.74, 6) is -0.911. The molecule has 0 radical (unpaired) electrons. The molecule has 2 aromatic rings. The molecule has 1 amide bonds. The first-order valence-corrected chi connectivity index (χ1v) is 5.91. The van der Waals surface area contributed by atoms with Crippen molar-refractivity contribution in [2.75, 3.05) is 5.32 Å². The molecule has 0 saturated heterocycles.